The lowest BCUT2D eigenvalue weighted by molar-refractivity contribution is 0.396. The van der Waals surface area contributed by atoms with Crippen LogP contribution in [0.1, 0.15) is 57.0 Å². The fraction of sp³-hybridized carbons (Fsp3) is 0.241. The molecular formula is C29H26N2O. The molecule has 1 aliphatic carbocycles. The lowest BCUT2D eigenvalue weighted by Crippen LogP contribution is -2.12. The number of pyridine rings is 2. The van der Waals surface area contributed by atoms with Crippen LogP contribution in [0.25, 0.3) is 33.3 Å². The first-order valence-corrected chi connectivity index (χ1v) is 11.3. The highest BCUT2D eigenvalue weighted by atomic mass is 16.3. The standard InChI is InChI=1S/C29H26N2O/c1-19-10-16-25-24-8-5-9-26(28(24)32-29(25)31-19)27-17-15-23(18-30-27)22-13-11-21(12-14-22)20-6-3-2-4-7-20/h2-10,15-18,21-22H,11-14H2,1H3/i21D,22D. The summed E-state index contributed by atoms with van der Waals surface area (Å²) in [6.07, 6.45) is 4.48. The van der Waals surface area contributed by atoms with Crippen LogP contribution in [0.15, 0.2) is 83.4 Å². The Hall–Kier alpha value is -3.46. The van der Waals surface area contributed by atoms with Gasteiger partial charge in [-0.25, -0.2) is 4.98 Å². The van der Waals surface area contributed by atoms with E-state index in [2.05, 4.69) is 17.1 Å². The molecule has 0 aliphatic heterocycles. The molecule has 0 radical (unpaired) electrons. The Bertz CT molecular complexity index is 1480. The van der Waals surface area contributed by atoms with Gasteiger partial charge in [-0.1, -0.05) is 48.5 Å². The predicted octanol–water partition coefficient (Wildman–Crippen LogP) is 7.79. The molecular weight excluding hydrogens is 392 g/mol. The highest BCUT2D eigenvalue weighted by molar-refractivity contribution is 6.08. The summed E-state index contributed by atoms with van der Waals surface area (Å²) >= 11 is 0. The molecule has 0 unspecified atom stereocenters. The van der Waals surface area contributed by atoms with Crippen molar-refractivity contribution in [3.05, 3.63) is 95.8 Å². The van der Waals surface area contributed by atoms with Crippen LogP contribution in [0, 0.1) is 6.92 Å². The van der Waals surface area contributed by atoms with E-state index in [1.165, 1.54) is 0 Å². The number of aryl methyl sites for hydroxylation is 1. The molecule has 0 saturated heterocycles. The Labute approximate surface area is 191 Å². The van der Waals surface area contributed by atoms with Gasteiger partial charge in [-0.2, -0.15) is 0 Å². The first-order chi connectivity index (χ1) is 16.5. The number of nitrogens with zero attached hydrogens (tertiary/aromatic N) is 2. The fourth-order valence-electron chi connectivity index (χ4n) is 4.84. The molecule has 3 heterocycles. The number of furan rings is 1. The Balaban J connectivity index is 1.30. The molecule has 0 spiro atoms. The SMILES string of the molecule is [2H]C1(c2ccccc2)CCC([2H])(c2ccc(-c3cccc4c3oc3nc(C)ccc34)nc2)CC1. The zero-order valence-electron chi connectivity index (χ0n) is 20.1. The first kappa shape index (κ1) is 17.1. The maximum absolute atomic E-state index is 9.15. The maximum Gasteiger partial charge on any atom is 0.227 e. The minimum absolute atomic E-state index is 0.609. The van der Waals surface area contributed by atoms with Gasteiger partial charge in [0.25, 0.3) is 0 Å². The van der Waals surface area contributed by atoms with E-state index in [0.29, 0.717) is 31.4 Å². The average molecular weight is 421 g/mol. The number of rotatable bonds is 3. The van der Waals surface area contributed by atoms with Crippen molar-refractivity contribution in [2.24, 2.45) is 0 Å². The van der Waals surface area contributed by atoms with E-state index in [1.54, 1.807) is 0 Å². The van der Waals surface area contributed by atoms with Gasteiger partial charge in [0.15, 0.2) is 0 Å². The lowest BCUT2D eigenvalue weighted by atomic mass is 9.76. The van der Waals surface area contributed by atoms with Gasteiger partial charge in [-0.3, -0.25) is 4.98 Å². The highest BCUT2D eigenvalue weighted by Crippen LogP contribution is 2.41. The summed E-state index contributed by atoms with van der Waals surface area (Å²) in [5.74, 6) is -1.32. The number of benzene rings is 2. The van der Waals surface area contributed by atoms with Crippen LogP contribution in [0.4, 0.5) is 0 Å². The van der Waals surface area contributed by atoms with Crippen LogP contribution in [0.2, 0.25) is 0 Å². The number of aromatic nitrogens is 2. The second-order valence-corrected chi connectivity index (χ2v) is 8.59. The van der Waals surface area contributed by atoms with Gasteiger partial charge in [0.2, 0.25) is 5.71 Å². The molecule has 32 heavy (non-hydrogen) atoms. The van der Waals surface area contributed by atoms with Crippen LogP contribution in [0.5, 0.6) is 0 Å². The van der Waals surface area contributed by atoms with Crippen molar-refractivity contribution in [1.82, 2.24) is 9.97 Å². The van der Waals surface area contributed by atoms with Gasteiger partial charge >= 0.3 is 0 Å². The van der Waals surface area contributed by atoms with Crippen LogP contribution in [0.3, 0.4) is 0 Å². The van der Waals surface area contributed by atoms with E-state index < -0.39 is 11.8 Å². The van der Waals surface area contributed by atoms with Crippen molar-refractivity contribution in [2.45, 2.75) is 44.4 Å². The van der Waals surface area contributed by atoms with E-state index in [9.17, 15) is 0 Å². The Morgan fingerprint density at radius 1 is 0.781 bits per heavy atom. The molecule has 5 aromatic rings. The summed E-state index contributed by atoms with van der Waals surface area (Å²) in [5, 5.41) is 2.03. The zero-order valence-corrected chi connectivity index (χ0v) is 18.1. The quantitative estimate of drug-likeness (QED) is 0.299. The molecule has 3 heteroatoms. The number of hydrogen-bond donors (Lipinski definition) is 0. The molecule has 0 bridgehead atoms. The van der Waals surface area contributed by atoms with Crippen LogP contribution in [-0.2, 0) is 0 Å². The molecule has 0 atom stereocenters. The van der Waals surface area contributed by atoms with Gasteiger partial charge in [-0.15, -0.1) is 0 Å². The third-order valence-corrected chi connectivity index (χ3v) is 6.59. The van der Waals surface area contributed by atoms with Crippen molar-refractivity contribution in [3.63, 3.8) is 0 Å². The van der Waals surface area contributed by atoms with Gasteiger partial charge < -0.3 is 4.42 Å². The zero-order chi connectivity index (χ0) is 23.3. The molecule has 0 amide bonds. The van der Waals surface area contributed by atoms with E-state index >= 15 is 0 Å². The summed E-state index contributed by atoms with van der Waals surface area (Å²) in [7, 11) is 0. The van der Waals surface area contributed by atoms with Gasteiger partial charge in [-0.05, 0) is 79.8 Å². The lowest BCUT2D eigenvalue weighted by Gasteiger charge is -2.29. The van der Waals surface area contributed by atoms with Crippen LogP contribution >= 0.6 is 0 Å². The number of para-hydroxylation sites is 1. The van der Waals surface area contributed by atoms with Crippen molar-refractivity contribution >= 4 is 22.1 Å². The number of fused-ring (bicyclic) bond motifs is 3. The second-order valence-electron chi connectivity index (χ2n) is 8.59. The molecule has 6 rings (SSSR count). The van der Waals surface area contributed by atoms with Crippen molar-refractivity contribution in [3.8, 4) is 11.3 Å². The van der Waals surface area contributed by atoms with Crippen molar-refractivity contribution in [1.29, 1.82) is 0 Å². The van der Waals surface area contributed by atoms with Gasteiger partial charge in [0.1, 0.15) is 5.58 Å². The second kappa shape index (κ2) is 7.90. The summed E-state index contributed by atoms with van der Waals surface area (Å²) in [6.45, 7) is 1.96. The minimum atomic E-state index is -0.711. The first-order valence-electron chi connectivity index (χ1n) is 12.3. The van der Waals surface area contributed by atoms with Gasteiger partial charge in [0.05, 0.1) is 5.69 Å². The molecule has 158 valence electrons. The van der Waals surface area contributed by atoms with Gasteiger partial charge in [0, 0.05) is 31.0 Å². The molecule has 1 fully saturated rings. The van der Waals surface area contributed by atoms with E-state index in [4.69, 9.17) is 12.1 Å². The van der Waals surface area contributed by atoms with E-state index in [0.717, 1.165) is 44.4 Å². The summed E-state index contributed by atoms with van der Waals surface area (Å²) < 4.78 is 24.3. The molecule has 3 nitrogen and oxygen atoms in total. The molecule has 3 aromatic heterocycles. The van der Waals surface area contributed by atoms with Crippen molar-refractivity contribution < 1.29 is 7.16 Å². The van der Waals surface area contributed by atoms with Crippen LogP contribution in [-0.4, -0.2) is 9.97 Å². The normalized spacial score (nSPS) is 24.4. The molecule has 1 saturated carbocycles. The Morgan fingerprint density at radius 2 is 1.56 bits per heavy atom. The minimum Gasteiger partial charge on any atom is -0.437 e. The maximum atomic E-state index is 9.15. The fourth-order valence-corrected chi connectivity index (χ4v) is 4.84. The number of hydrogen-bond acceptors (Lipinski definition) is 3. The molecule has 1 aliphatic rings. The van der Waals surface area contributed by atoms with E-state index in [1.807, 2.05) is 73.8 Å². The van der Waals surface area contributed by atoms with E-state index in [-0.39, 0.29) is 0 Å². The summed E-state index contributed by atoms with van der Waals surface area (Å²) in [6, 6.07) is 24.2. The topological polar surface area (TPSA) is 38.9 Å². The van der Waals surface area contributed by atoms with Crippen LogP contribution < -0.4 is 0 Å². The Kier molecular flexibility index (Phi) is 4.23. The predicted molar refractivity (Wildman–Crippen MR) is 130 cm³/mol. The third kappa shape index (κ3) is 3.38. The largest absolute Gasteiger partial charge is 0.437 e. The monoisotopic (exact) mass is 420 g/mol. The Morgan fingerprint density at radius 3 is 2.31 bits per heavy atom. The third-order valence-electron chi connectivity index (χ3n) is 6.59. The van der Waals surface area contributed by atoms with Crippen molar-refractivity contribution in [2.75, 3.05) is 0 Å². The average Bonchev–Trinajstić information content (AvgIpc) is 3.24. The highest BCUT2D eigenvalue weighted by Gasteiger charge is 2.24. The summed E-state index contributed by atoms with van der Waals surface area (Å²) in [5.41, 5.74) is 6.07. The molecule has 2 aromatic carbocycles. The molecule has 0 N–H and O–H groups in total. The summed E-state index contributed by atoms with van der Waals surface area (Å²) in [4.78, 5) is 9.29. The smallest absolute Gasteiger partial charge is 0.227 e.